The van der Waals surface area contributed by atoms with E-state index in [-0.39, 0.29) is 5.75 Å². The highest BCUT2D eigenvalue weighted by atomic mass is 79.9. The number of phenols is 1. The molecule has 0 aliphatic rings. The number of phenolic OH excluding ortho intramolecular Hbond substituents is 1. The summed E-state index contributed by atoms with van der Waals surface area (Å²) in [6.45, 7) is 0.366. The molecule has 0 spiro atoms. The van der Waals surface area contributed by atoms with Crippen LogP contribution in [-0.4, -0.2) is 10.1 Å². The number of nitrogens with zero attached hydrogens (tertiary/aromatic N) is 1. The molecule has 0 unspecified atom stereocenters. The minimum atomic E-state index is 0.176. The van der Waals surface area contributed by atoms with E-state index in [2.05, 4.69) is 20.9 Å². The standard InChI is InChI=1S/C16H13BrN2O2/c17-12-2-4-15(11(7-12)9-18)21-16-14-8-13(20)3-1-10(14)5-6-19-16/h1-8,20H,9,18H2. The molecule has 3 aromatic rings. The monoisotopic (exact) mass is 344 g/mol. The Kier molecular flexibility index (Phi) is 3.77. The Balaban J connectivity index is 2.08. The SMILES string of the molecule is NCc1cc(Br)ccc1Oc1nccc2ccc(O)cc12. The average Bonchev–Trinajstić information content (AvgIpc) is 2.49. The second-order valence-electron chi connectivity index (χ2n) is 4.58. The Labute approximate surface area is 130 Å². The van der Waals surface area contributed by atoms with Crippen LogP contribution >= 0.6 is 15.9 Å². The molecule has 0 aliphatic heterocycles. The van der Waals surface area contributed by atoms with Gasteiger partial charge in [0.15, 0.2) is 0 Å². The molecular formula is C16H13BrN2O2. The van der Waals surface area contributed by atoms with Crippen LogP contribution in [-0.2, 0) is 6.54 Å². The van der Waals surface area contributed by atoms with Crippen LogP contribution in [0.25, 0.3) is 10.8 Å². The molecule has 1 aromatic heterocycles. The first-order valence-electron chi connectivity index (χ1n) is 6.41. The fourth-order valence-corrected chi connectivity index (χ4v) is 2.53. The maximum atomic E-state index is 9.65. The lowest BCUT2D eigenvalue weighted by Gasteiger charge is -2.11. The van der Waals surface area contributed by atoms with Gasteiger partial charge in [-0.3, -0.25) is 0 Å². The first-order valence-corrected chi connectivity index (χ1v) is 7.21. The molecule has 0 fully saturated rings. The number of rotatable bonds is 3. The summed E-state index contributed by atoms with van der Waals surface area (Å²) in [7, 11) is 0. The van der Waals surface area contributed by atoms with E-state index in [0.29, 0.717) is 18.2 Å². The van der Waals surface area contributed by atoms with Crippen LogP contribution in [0.2, 0.25) is 0 Å². The zero-order valence-corrected chi connectivity index (χ0v) is 12.7. The number of aromatic hydroxyl groups is 1. The van der Waals surface area contributed by atoms with Gasteiger partial charge in [0, 0.05) is 28.2 Å². The predicted molar refractivity (Wildman–Crippen MR) is 85.5 cm³/mol. The van der Waals surface area contributed by atoms with E-state index in [1.807, 2.05) is 30.3 Å². The Morgan fingerprint density at radius 2 is 2.00 bits per heavy atom. The van der Waals surface area contributed by atoms with E-state index in [0.717, 1.165) is 20.8 Å². The van der Waals surface area contributed by atoms with Crippen molar-refractivity contribution in [2.24, 2.45) is 5.73 Å². The number of ether oxygens (including phenoxy) is 1. The molecule has 0 bridgehead atoms. The first kappa shape index (κ1) is 13.9. The van der Waals surface area contributed by atoms with E-state index in [1.54, 1.807) is 18.3 Å². The van der Waals surface area contributed by atoms with Gasteiger partial charge < -0.3 is 15.6 Å². The maximum Gasteiger partial charge on any atom is 0.227 e. The molecule has 0 radical (unpaired) electrons. The van der Waals surface area contributed by atoms with Gasteiger partial charge in [0.2, 0.25) is 5.88 Å². The third-order valence-corrected chi connectivity index (χ3v) is 3.66. The van der Waals surface area contributed by atoms with Crippen molar-refractivity contribution in [1.29, 1.82) is 0 Å². The number of hydrogen-bond donors (Lipinski definition) is 2. The fraction of sp³-hybridized carbons (Fsp3) is 0.0625. The molecule has 3 N–H and O–H groups in total. The molecule has 0 saturated heterocycles. The van der Waals surface area contributed by atoms with Gasteiger partial charge in [-0.2, -0.15) is 0 Å². The molecule has 21 heavy (non-hydrogen) atoms. The minimum absolute atomic E-state index is 0.176. The van der Waals surface area contributed by atoms with Gasteiger partial charge in [-0.05, 0) is 41.8 Å². The van der Waals surface area contributed by atoms with Crippen LogP contribution < -0.4 is 10.5 Å². The number of fused-ring (bicyclic) bond motifs is 1. The number of aromatic nitrogens is 1. The van der Waals surface area contributed by atoms with Crippen LogP contribution in [0.1, 0.15) is 5.56 Å². The highest BCUT2D eigenvalue weighted by Gasteiger charge is 2.09. The van der Waals surface area contributed by atoms with Gasteiger partial charge >= 0.3 is 0 Å². The zero-order chi connectivity index (χ0) is 14.8. The number of pyridine rings is 1. The fourth-order valence-electron chi connectivity index (χ4n) is 2.12. The molecule has 4 nitrogen and oxygen atoms in total. The second kappa shape index (κ2) is 5.71. The zero-order valence-electron chi connectivity index (χ0n) is 11.1. The largest absolute Gasteiger partial charge is 0.508 e. The van der Waals surface area contributed by atoms with Gasteiger partial charge in [0.05, 0.1) is 0 Å². The van der Waals surface area contributed by atoms with Gasteiger partial charge in [-0.1, -0.05) is 22.0 Å². The van der Waals surface area contributed by atoms with E-state index in [4.69, 9.17) is 10.5 Å². The second-order valence-corrected chi connectivity index (χ2v) is 5.50. The van der Waals surface area contributed by atoms with E-state index in [9.17, 15) is 5.11 Å². The molecule has 5 heteroatoms. The smallest absolute Gasteiger partial charge is 0.227 e. The van der Waals surface area contributed by atoms with Gasteiger partial charge in [0.1, 0.15) is 11.5 Å². The quantitative estimate of drug-likeness (QED) is 0.754. The Morgan fingerprint density at radius 3 is 2.81 bits per heavy atom. The highest BCUT2D eigenvalue weighted by molar-refractivity contribution is 9.10. The van der Waals surface area contributed by atoms with Crippen LogP contribution in [0.4, 0.5) is 0 Å². The summed E-state index contributed by atoms with van der Waals surface area (Å²) in [5.74, 6) is 1.28. The van der Waals surface area contributed by atoms with Gasteiger partial charge in [-0.15, -0.1) is 0 Å². The van der Waals surface area contributed by atoms with Crippen molar-refractivity contribution >= 4 is 26.7 Å². The summed E-state index contributed by atoms with van der Waals surface area (Å²) in [6, 6.07) is 12.6. The molecule has 0 atom stereocenters. The highest BCUT2D eigenvalue weighted by Crippen LogP contribution is 2.32. The van der Waals surface area contributed by atoms with Crippen molar-refractivity contribution in [3.05, 3.63) is 58.7 Å². The van der Waals surface area contributed by atoms with Crippen molar-refractivity contribution in [2.75, 3.05) is 0 Å². The molecule has 0 aliphatic carbocycles. The third-order valence-electron chi connectivity index (χ3n) is 3.16. The number of benzene rings is 2. The molecule has 106 valence electrons. The van der Waals surface area contributed by atoms with Crippen LogP contribution in [0.3, 0.4) is 0 Å². The van der Waals surface area contributed by atoms with Gasteiger partial charge in [0.25, 0.3) is 0 Å². The summed E-state index contributed by atoms with van der Waals surface area (Å²) in [6.07, 6.45) is 1.68. The lowest BCUT2D eigenvalue weighted by Crippen LogP contribution is -2.00. The average molecular weight is 345 g/mol. The van der Waals surface area contributed by atoms with Crippen molar-refractivity contribution in [2.45, 2.75) is 6.54 Å². The summed E-state index contributed by atoms with van der Waals surface area (Å²) in [5.41, 5.74) is 6.63. The number of nitrogens with two attached hydrogens (primary N) is 1. The van der Waals surface area contributed by atoms with E-state index >= 15 is 0 Å². The lowest BCUT2D eigenvalue weighted by molar-refractivity contribution is 0.460. The normalized spacial score (nSPS) is 10.8. The summed E-state index contributed by atoms with van der Waals surface area (Å²) in [5, 5.41) is 11.3. The number of halogens is 1. The Hall–Kier alpha value is -2.11. The maximum absolute atomic E-state index is 9.65. The molecule has 1 heterocycles. The van der Waals surface area contributed by atoms with Crippen molar-refractivity contribution in [1.82, 2.24) is 4.98 Å². The van der Waals surface area contributed by atoms with Gasteiger partial charge in [-0.25, -0.2) is 4.98 Å². The molecule has 0 amide bonds. The van der Waals surface area contributed by atoms with E-state index in [1.165, 1.54) is 0 Å². The topological polar surface area (TPSA) is 68.4 Å². The van der Waals surface area contributed by atoms with Crippen LogP contribution in [0, 0.1) is 0 Å². The third kappa shape index (κ3) is 2.84. The van der Waals surface area contributed by atoms with Crippen molar-refractivity contribution in [3.63, 3.8) is 0 Å². The lowest BCUT2D eigenvalue weighted by atomic mass is 10.1. The molecule has 0 saturated carbocycles. The summed E-state index contributed by atoms with van der Waals surface area (Å²) < 4.78 is 6.84. The molecule has 2 aromatic carbocycles. The van der Waals surface area contributed by atoms with Crippen LogP contribution in [0.5, 0.6) is 17.4 Å². The molecular weight excluding hydrogens is 332 g/mol. The van der Waals surface area contributed by atoms with E-state index < -0.39 is 0 Å². The molecule has 3 rings (SSSR count). The summed E-state index contributed by atoms with van der Waals surface area (Å²) in [4.78, 5) is 4.26. The minimum Gasteiger partial charge on any atom is -0.508 e. The van der Waals surface area contributed by atoms with Crippen molar-refractivity contribution < 1.29 is 9.84 Å². The first-order chi connectivity index (χ1) is 10.2. The number of hydrogen-bond acceptors (Lipinski definition) is 4. The van der Waals surface area contributed by atoms with Crippen molar-refractivity contribution in [3.8, 4) is 17.4 Å². The van der Waals surface area contributed by atoms with Crippen LogP contribution in [0.15, 0.2) is 53.1 Å². The Morgan fingerprint density at radius 1 is 1.14 bits per heavy atom. The predicted octanol–water partition coefficient (Wildman–Crippen LogP) is 3.95. The Bertz CT molecular complexity index is 805. The summed E-state index contributed by atoms with van der Waals surface area (Å²) >= 11 is 3.41.